The molecule has 0 spiro atoms. The number of carbonyl (C=O) groups is 1. The molecular weight excluding hydrogens is 314 g/mol. The van der Waals surface area contributed by atoms with Gasteiger partial charge in [0.1, 0.15) is 0 Å². The van der Waals surface area contributed by atoms with Crippen LogP contribution in [0.15, 0.2) is 28.7 Å². The van der Waals surface area contributed by atoms with Crippen LogP contribution in [-0.4, -0.2) is 17.8 Å². The van der Waals surface area contributed by atoms with Crippen molar-refractivity contribution in [2.45, 2.75) is 33.2 Å². The maximum Gasteiger partial charge on any atom is 0.227 e. The van der Waals surface area contributed by atoms with E-state index in [2.05, 4.69) is 33.4 Å². The van der Waals surface area contributed by atoms with Crippen LogP contribution in [0.25, 0.3) is 0 Å². The van der Waals surface area contributed by atoms with Gasteiger partial charge in [-0.3, -0.25) is 4.79 Å². The van der Waals surface area contributed by atoms with E-state index in [1.54, 1.807) is 0 Å². The summed E-state index contributed by atoms with van der Waals surface area (Å²) in [5.74, 6) is 0.325. The highest BCUT2D eigenvalue weighted by molar-refractivity contribution is 9.10. The summed E-state index contributed by atoms with van der Waals surface area (Å²) in [6.07, 6.45) is 0.817. The summed E-state index contributed by atoms with van der Waals surface area (Å²) in [5.41, 5.74) is 0.685. The fourth-order valence-electron chi connectivity index (χ4n) is 1.50. The lowest BCUT2D eigenvalue weighted by Crippen LogP contribution is -2.43. The van der Waals surface area contributed by atoms with Crippen LogP contribution in [0.1, 0.15) is 26.3 Å². The van der Waals surface area contributed by atoms with Crippen molar-refractivity contribution in [2.24, 2.45) is 5.41 Å². The van der Waals surface area contributed by atoms with E-state index < -0.39 is 5.41 Å². The lowest BCUT2D eigenvalue weighted by molar-refractivity contribution is -0.128. The van der Waals surface area contributed by atoms with Gasteiger partial charge in [-0.15, -0.1) is 11.6 Å². The largest absolute Gasteiger partial charge is 0.353 e. The molecule has 0 fully saturated rings. The van der Waals surface area contributed by atoms with Crippen molar-refractivity contribution in [2.75, 3.05) is 5.88 Å². The molecule has 18 heavy (non-hydrogen) atoms. The van der Waals surface area contributed by atoms with Crippen LogP contribution in [0.2, 0.25) is 0 Å². The molecular formula is C14H19BrClNO. The molecule has 1 N–H and O–H groups in total. The number of rotatable bonds is 5. The molecule has 0 aliphatic rings. The molecule has 0 saturated heterocycles. The summed E-state index contributed by atoms with van der Waals surface area (Å²) < 4.78 is 1.06. The second kappa shape index (κ2) is 6.58. The second-order valence-corrected chi connectivity index (χ2v) is 6.41. The standard InChI is InChI=1S/C14H19BrClNO/c1-10(17-13(18)14(2,3)9-16)8-11-4-6-12(15)7-5-11/h4-7,10H,8-9H2,1-3H3,(H,17,18). The molecule has 1 unspecified atom stereocenters. The molecule has 0 aromatic heterocycles. The summed E-state index contributed by atoms with van der Waals surface area (Å²) >= 11 is 9.19. The third kappa shape index (κ3) is 4.62. The van der Waals surface area contributed by atoms with Gasteiger partial charge in [-0.2, -0.15) is 0 Å². The molecule has 1 aromatic carbocycles. The van der Waals surface area contributed by atoms with Crippen LogP contribution in [0.5, 0.6) is 0 Å². The average Bonchev–Trinajstić information content (AvgIpc) is 2.32. The smallest absolute Gasteiger partial charge is 0.227 e. The summed E-state index contributed by atoms with van der Waals surface area (Å²) in [7, 11) is 0. The third-order valence-corrected chi connectivity index (χ3v) is 3.98. The Labute approximate surface area is 122 Å². The van der Waals surface area contributed by atoms with Gasteiger partial charge in [-0.1, -0.05) is 28.1 Å². The molecule has 4 heteroatoms. The minimum absolute atomic E-state index is 0.00196. The monoisotopic (exact) mass is 331 g/mol. The van der Waals surface area contributed by atoms with Gasteiger partial charge in [0.15, 0.2) is 0 Å². The third-order valence-electron chi connectivity index (χ3n) is 2.78. The molecule has 0 saturated carbocycles. The Morgan fingerprint density at radius 1 is 1.39 bits per heavy atom. The van der Waals surface area contributed by atoms with Crippen LogP contribution >= 0.6 is 27.5 Å². The van der Waals surface area contributed by atoms with Crippen molar-refractivity contribution in [3.63, 3.8) is 0 Å². The quantitative estimate of drug-likeness (QED) is 0.817. The Morgan fingerprint density at radius 3 is 2.44 bits per heavy atom. The molecule has 1 aromatic rings. The van der Waals surface area contributed by atoms with E-state index in [-0.39, 0.29) is 11.9 Å². The molecule has 1 rings (SSSR count). The first-order valence-corrected chi connectivity index (χ1v) is 7.29. The number of nitrogens with one attached hydrogen (secondary N) is 1. The topological polar surface area (TPSA) is 29.1 Å². The van der Waals surface area contributed by atoms with Crippen LogP contribution in [0, 0.1) is 5.41 Å². The van der Waals surface area contributed by atoms with E-state index in [4.69, 9.17) is 11.6 Å². The zero-order valence-corrected chi connectivity index (χ0v) is 13.3. The van der Waals surface area contributed by atoms with Gasteiger partial charge >= 0.3 is 0 Å². The Morgan fingerprint density at radius 2 is 1.94 bits per heavy atom. The minimum atomic E-state index is -0.518. The number of hydrogen-bond acceptors (Lipinski definition) is 1. The highest BCUT2D eigenvalue weighted by Gasteiger charge is 2.27. The van der Waals surface area contributed by atoms with Gasteiger partial charge in [-0.05, 0) is 44.9 Å². The van der Waals surface area contributed by atoms with Crippen molar-refractivity contribution >= 4 is 33.4 Å². The fraction of sp³-hybridized carbons (Fsp3) is 0.500. The van der Waals surface area contributed by atoms with Crippen LogP contribution < -0.4 is 5.32 Å². The number of carbonyl (C=O) groups excluding carboxylic acids is 1. The first kappa shape index (κ1) is 15.5. The van der Waals surface area contributed by atoms with Crippen molar-refractivity contribution in [3.05, 3.63) is 34.3 Å². The highest BCUT2D eigenvalue weighted by atomic mass is 79.9. The normalized spacial score (nSPS) is 13.2. The summed E-state index contributed by atoms with van der Waals surface area (Å²) in [6.45, 7) is 5.70. The van der Waals surface area contributed by atoms with E-state index in [1.165, 1.54) is 5.56 Å². The maximum absolute atomic E-state index is 11.9. The number of hydrogen-bond donors (Lipinski definition) is 1. The Bertz CT molecular complexity index is 403. The van der Waals surface area contributed by atoms with Crippen molar-refractivity contribution in [1.82, 2.24) is 5.32 Å². The van der Waals surface area contributed by atoms with Crippen LogP contribution in [-0.2, 0) is 11.2 Å². The lowest BCUT2D eigenvalue weighted by atomic mass is 9.94. The zero-order chi connectivity index (χ0) is 13.8. The predicted molar refractivity (Wildman–Crippen MR) is 80.0 cm³/mol. The van der Waals surface area contributed by atoms with E-state index in [9.17, 15) is 4.79 Å². The number of amides is 1. The number of halogens is 2. The minimum Gasteiger partial charge on any atom is -0.353 e. The van der Waals surface area contributed by atoms with Gasteiger partial charge in [0, 0.05) is 16.4 Å². The molecule has 0 radical (unpaired) electrons. The van der Waals surface area contributed by atoms with Gasteiger partial charge < -0.3 is 5.32 Å². The molecule has 0 heterocycles. The van der Waals surface area contributed by atoms with Gasteiger partial charge in [-0.25, -0.2) is 0 Å². The molecule has 1 atom stereocenters. The summed E-state index contributed by atoms with van der Waals surface area (Å²) in [5, 5.41) is 3.00. The van der Waals surface area contributed by atoms with Crippen LogP contribution in [0.3, 0.4) is 0 Å². The fourth-order valence-corrected chi connectivity index (χ4v) is 1.89. The molecule has 100 valence electrons. The Kier molecular flexibility index (Phi) is 5.67. The second-order valence-electron chi connectivity index (χ2n) is 5.22. The van der Waals surface area contributed by atoms with E-state index in [0.717, 1.165) is 10.9 Å². The summed E-state index contributed by atoms with van der Waals surface area (Å²) in [6, 6.07) is 8.22. The van der Waals surface area contributed by atoms with Crippen molar-refractivity contribution < 1.29 is 4.79 Å². The highest BCUT2D eigenvalue weighted by Crippen LogP contribution is 2.18. The number of benzene rings is 1. The number of alkyl halides is 1. The molecule has 0 aliphatic carbocycles. The first-order valence-electron chi connectivity index (χ1n) is 5.96. The molecule has 0 bridgehead atoms. The Hall–Kier alpha value is -0.540. The van der Waals surface area contributed by atoms with E-state index in [0.29, 0.717) is 5.88 Å². The molecule has 2 nitrogen and oxygen atoms in total. The van der Waals surface area contributed by atoms with Crippen LogP contribution in [0.4, 0.5) is 0 Å². The van der Waals surface area contributed by atoms with Gasteiger partial charge in [0.05, 0.1) is 5.41 Å². The van der Waals surface area contributed by atoms with Crippen molar-refractivity contribution in [3.8, 4) is 0 Å². The Balaban J connectivity index is 2.54. The van der Waals surface area contributed by atoms with E-state index >= 15 is 0 Å². The van der Waals surface area contributed by atoms with Crippen molar-refractivity contribution in [1.29, 1.82) is 0 Å². The first-order chi connectivity index (χ1) is 8.35. The predicted octanol–water partition coefficient (Wildman–Crippen LogP) is 3.76. The molecule has 0 aliphatic heterocycles. The van der Waals surface area contributed by atoms with Gasteiger partial charge in [0.25, 0.3) is 0 Å². The maximum atomic E-state index is 11.9. The lowest BCUT2D eigenvalue weighted by Gasteiger charge is -2.23. The average molecular weight is 333 g/mol. The van der Waals surface area contributed by atoms with E-state index in [1.807, 2.05) is 32.9 Å². The summed E-state index contributed by atoms with van der Waals surface area (Å²) in [4.78, 5) is 11.9. The SMILES string of the molecule is CC(Cc1ccc(Br)cc1)NC(=O)C(C)(C)CCl. The van der Waals surface area contributed by atoms with Gasteiger partial charge in [0.2, 0.25) is 5.91 Å². The zero-order valence-electron chi connectivity index (χ0n) is 11.0. The molecule has 1 amide bonds.